The molecule has 7 nitrogen and oxygen atoms in total. The molecule has 1 amide bonds. The van der Waals surface area contributed by atoms with Crippen LogP contribution >= 0.6 is 0 Å². The lowest BCUT2D eigenvalue weighted by atomic mass is 10.2. The Morgan fingerprint density at radius 1 is 0.875 bits per heavy atom. The molecule has 142 valence electrons. The molecule has 8 heteroatoms. The molecule has 0 aliphatic carbocycles. The Labute approximate surface area is 148 Å². The van der Waals surface area contributed by atoms with Gasteiger partial charge in [-0.15, -0.1) is 0 Å². The Morgan fingerprint density at radius 2 is 1.33 bits per heavy atom. The van der Waals surface area contributed by atoms with Crippen LogP contribution in [0.15, 0.2) is 4.99 Å². The highest BCUT2D eigenvalue weighted by atomic mass is 28.4. The van der Waals surface area contributed by atoms with Crippen LogP contribution in [0.25, 0.3) is 0 Å². The number of rotatable bonds is 11. The average molecular weight is 362 g/mol. The molecule has 0 aliphatic heterocycles. The van der Waals surface area contributed by atoms with E-state index in [1.54, 1.807) is 0 Å². The van der Waals surface area contributed by atoms with Crippen LogP contribution in [0, 0.1) is 0 Å². The first-order valence-corrected chi connectivity index (χ1v) is 10.6. The Morgan fingerprint density at radius 3 is 1.71 bits per heavy atom. The van der Waals surface area contributed by atoms with Crippen LogP contribution in [0.4, 0.5) is 0 Å². The molecule has 0 saturated heterocycles. The molecule has 24 heavy (non-hydrogen) atoms. The van der Waals surface area contributed by atoms with E-state index in [9.17, 15) is 4.79 Å². The molecule has 0 aromatic carbocycles. The lowest BCUT2D eigenvalue weighted by Crippen LogP contribution is -2.45. The molecule has 0 rings (SSSR count). The number of carbonyl (C=O) groups is 1. The summed E-state index contributed by atoms with van der Waals surface area (Å²) in [6, 6.07) is 0.730. The van der Waals surface area contributed by atoms with Crippen molar-refractivity contribution in [1.82, 2.24) is 9.80 Å². The molecule has 0 bridgehead atoms. The largest absolute Gasteiger partial charge is 0.500 e. The van der Waals surface area contributed by atoms with E-state index in [1.807, 2.05) is 58.8 Å². The zero-order valence-electron chi connectivity index (χ0n) is 16.4. The lowest BCUT2D eigenvalue weighted by molar-refractivity contribution is -0.118. The van der Waals surface area contributed by atoms with E-state index in [1.165, 1.54) is 0 Å². The summed E-state index contributed by atoms with van der Waals surface area (Å²) < 4.78 is 17.4. The van der Waals surface area contributed by atoms with E-state index in [0.29, 0.717) is 32.2 Å². The number of aliphatic imine (C=N–C) groups is 1. The van der Waals surface area contributed by atoms with Crippen molar-refractivity contribution in [3.05, 3.63) is 0 Å². The maximum atomic E-state index is 12.0. The monoisotopic (exact) mass is 361 g/mol. The first-order chi connectivity index (χ1) is 11.3. The van der Waals surface area contributed by atoms with Gasteiger partial charge in [0.05, 0.1) is 0 Å². The number of nitrogens with zero attached hydrogens (tertiary/aromatic N) is 3. The van der Waals surface area contributed by atoms with E-state index < -0.39 is 8.80 Å². The molecule has 0 radical (unpaired) electrons. The van der Waals surface area contributed by atoms with Gasteiger partial charge in [-0.1, -0.05) is 0 Å². The second-order valence-electron chi connectivity index (χ2n) is 5.78. The summed E-state index contributed by atoms with van der Waals surface area (Å²) in [5.41, 5.74) is 0. The number of hydrogen-bond donors (Lipinski definition) is 0. The van der Waals surface area contributed by atoms with Crippen LogP contribution in [0.5, 0.6) is 0 Å². The fraction of sp³-hybridized carbons (Fsp3) is 0.875. The van der Waals surface area contributed by atoms with Crippen LogP contribution in [0.3, 0.4) is 0 Å². The maximum absolute atomic E-state index is 12.0. The minimum atomic E-state index is -2.60. The first kappa shape index (κ1) is 23.0. The van der Waals surface area contributed by atoms with E-state index in [0.717, 1.165) is 18.9 Å². The molecular formula is C16H35N3O4Si. The first-order valence-electron chi connectivity index (χ1n) is 8.69. The molecular weight excluding hydrogens is 326 g/mol. The third-order valence-electron chi connectivity index (χ3n) is 3.24. The number of unbranched alkanes of at least 4 members (excludes halogenated alkanes) is 1. The lowest BCUT2D eigenvalue weighted by Gasteiger charge is -2.28. The highest BCUT2D eigenvalue weighted by Crippen LogP contribution is 2.20. The molecule has 0 spiro atoms. The number of guanidine groups is 1. The maximum Gasteiger partial charge on any atom is 0.500 e. The minimum absolute atomic E-state index is 0.108. The molecule has 0 aromatic rings. The smallest absolute Gasteiger partial charge is 0.374 e. The van der Waals surface area contributed by atoms with Crippen LogP contribution in [0.1, 0.15) is 40.0 Å². The summed E-state index contributed by atoms with van der Waals surface area (Å²) in [5.74, 6) is 0.547. The zero-order chi connectivity index (χ0) is 18.6. The van der Waals surface area contributed by atoms with Gasteiger partial charge in [0.15, 0.2) is 0 Å². The van der Waals surface area contributed by atoms with Gasteiger partial charge in [-0.05, 0) is 33.6 Å². The van der Waals surface area contributed by atoms with Gasteiger partial charge in [0, 0.05) is 60.5 Å². The third kappa shape index (κ3) is 8.77. The van der Waals surface area contributed by atoms with Gasteiger partial charge in [-0.25, -0.2) is 0 Å². The second-order valence-corrected chi connectivity index (χ2v) is 8.52. The quantitative estimate of drug-likeness (QED) is 0.243. The van der Waals surface area contributed by atoms with Crippen molar-refractivity contribution in [2.45, 2.75) is 46.1 Å². The molecule has 0 atom stereocenters. The molecule has 0 fully saturated rings. The van der Waals surface area contributed by atoms with Gasteiger partial charge in [-0.3, -0.25) is 4.79 Å². The fourth-order valence-corrected chi connectivity index (χ4v) is 5.07. The van der Waals surface area contributed by atoms with Crippen molar-refractivity contribution in [1.29, 1.82) is 0 Å². The summed E-state index contributed by atoms with van der Waals surface area (Å²) in [6.45, 7) is 7.56. The standard InChI is InChI=1S/C16H35N3O4Si/c1-8-21-24(22-9-2,23-10-3)14-12-11-13-15(20)17-16(18(4)5)19(6)7/h8-14H2,1-7H3. The summed E-state index contributed by atoms with van der Waals surface area (Å²) in [5, 5.41) is 0. The summed E-state index contributed by atoms with van der Waals surface area (Å²) in [7, 11) is 4.89. The van der Waals surface area contributed by atoms with Gasteiger partial charge in [-0.2, -0.15) is 4.99 Å². The van der Waals surface area contributed by atoms with Gasteiger partial charge in [0.1, 0.15) is 0 Å². The van der Waals surface area contributed by atoms with Crippen molar-refractivity contribution in [3.63, 3.8) is 0 Å². The van der Waals surface area contributed by atoms with E-state index in [-0.39, 0.29) is 5.91 Å². The topological polar surface area (TPSA) is 63.6 Å². The van der Waals surface area contributed by atoms with Crippen LogP contribution < -0.4 is 0 Å². The van der Waals surface area contributed by atoms with Crippen molar-refractivity contribution in [2.24, 2.45) is 4.99 Å². The summed E-state index contributed by atoms with van der Waals surface area (Å²) >= 11 is 0. The molecule has 0 saturated carbocycles. The average Bonchev–Trinajstić information content (AvgIpc) is 2.49. The fourth-order valence-electron chi connectivity index (χ4n) is 2.39. The third-order valence-corrected chi connectivity index (χ3v) is 6.39. The minimum Gasteiger partial charge on any atom is -0.374 e. The Hall–Kier alpha value is -0.963. The van der Waals surface area contributed by atoms with Gasteiger partial charge >= 0.3 is 8.80 Å². The molecule has 0 aromatic heterocycles. The Balaban J connectivity index is 4.51. The second kappa shape index (κ2) is 12.4. The van der Waals surface area contributed by atoms with Gasteiger partial charge in [0.2, 0.25) is 11.9 Å². The van der Waals surface area contributed by atoms with Crippen molar-refractivity contribution < 1.29 is 18.1 Å². The van der Waals surface area contributed by atoms with Crippen molar-refractivity contribution >= 4 is 20.7 Å². The molecule has 0 heterocycles. The van der Waals surface area contributed by atoms with Crippen LogP contribution in [-0.4, -0.2) is 78.5 Å². The Bertz CT molecular complexity index is 362. The number of amides is 1. The van der Waals surface area contributed by atoms with Crippen LogP contribution in [0.2, 0.25) is 6.04 Å². The summed E-state index contributed by atoms with van der Waals surface area (Å²) in [6.07, 6.45) is 1.99. The molecule has 0 N–H and O–H groups in total. The number of carbonyl (C=O) groups excluding carboxylic acids is 1. The predicted molar refractivity (Wildman–Crippen MR) is 99.1 cm³/mol. The van der Waals surface area contributed by atoms with E-state index in [2.05, 4.69) is 4.99 Å². The summed E-state index contributed by atoms with van der Waals surface area (Å²) in [4.78, 5) is 19.9. The molecule has 0 aliphatic rings. The van der Waals surface area contributed by atoms with Crippen molar-refractivity contribution in [2.75, 3.05) is 48.0 Å². The van der Waals surface area contributed by atoms with E-state index >= 15 is 0 Å². The molecule has 0 unspecified atom stereocenters. The highest BCUT2D eigenvalue weighted by molar-refractivity contribution is 6.60. The SMILES string of the molecule is CCO[Si](CCCCC(=O)N=C(N(C)C)N(C)C)(OCC)OCC. The zero-order valence-corrected chi connectivity index (χ0v) is 17.4. The van der Waals surface area contributed by atoms with E-state index in [4.69, 9.17) is 13.3 Å². The number of hydrogen-bond acceptors (Lipinski definition) is 4. The predicted octanol–water partition coefficient (Wildman–Crippen LogP) is 2.21. The highest BCUT2D eigenvalue weighted by Gasteiger charge is 2.39. The van der Waals surface area contributed by atoms with Gasteiger partial charge in [0.25, 0.3) is 0 Å². The van der Waals surface area contributed by atoms with Gasteiger partial charge < -0.3 is 23.1 Å². The normalized spacial score (nSPS) is 11.3. The Kier molecular flexibility index (Phi) is 11.9. The van der Waals surface area contributed by atoms with Crippen molar-refractivity contribution in [3.8, 4) is 0 Å². The van der Waals surface area contributed by atoms with Crippen LogP contribution in [-0.2, 0) is 18.1 Å².